The van der Waals surface area contributed by atoms with Crippen molar-refractivity contribution in [2.45, 2.75) is 51.5 Å². The predicted octanol–water partition coefficient (Wildman–Crippen LogP) is 6.02. The monoisotopic (exact) mass is 512 g/mol. The molecule has 1 aromatic carbocycles. The van der Waals surface area contributed by atoms with Crippen LogP contribution in [0.4, 0.5) is 14.5 Å². The molecule has 1 aliphatic rings. The second-order valence-electron chi connectivity index (χ2n) is 8.81. The lowest BCUT2D eigenvalue weighted by atomic mass is 9.73. The first-order valence-corrected chi connectivity index (χ1v) is 12.6. The zero-order chi connectivity index (χ0) is 27.4. The van der Waals surface area contributed by atoms with Crippen molar-refractivity contribution in [2.75, 3.05) is 26.6 Å². The summed E-state index contributed by atoms with van der Waals surface area (Å²) in [6.45, 7) is 4.00. The molecule has 1 aliphatic carbocycles. The molecule has 3 unspecified atom stereocenters. The fraction of sp³-hybridized carbons (Fsp3) is 0.414. The first-order valence-electron chi connectivity index (χ1n) is 12.6. The van der Waals surface area contributed by atoms with Gasteiger partial charge in [0.05, 0.1) is 11.9 Å². The lowest BCUT2D eigenvalue weighted by Crippen LogP contribution is -2.33. The fourth-order valence-corrected chi connectivity index (χ4v) is 4.89. The molecule has 0 aliphatic heterocycles. The Morgan fingerprint density at radius 1 is 1.08 bits per heavy atom. The fourth-order valence-electron chi connectivity index (χ4n) is 4.89. The number of carbonyl (C=O) groups excluding carboxylic acids is 1. The standard InChI is InChI=1S/C25H26F2N4O.C2H6O.C2H6/c1-29-23-13-30-8-7-20(23)17-10-15(11-18(28)12-17)9-16-3-2-4-21(26)24(16)25-22(27)6-5-19(14-32)31-25;1-3-2;1-2/h2-8,13-15,17-18,29H,9-12,28H2,1H3;1-2H3;1-2H3. The number of halogens is 2. The van der Waals surface area contributed by atoms with E-state index in [-0.39, 0.29) is 34.8 Å². The number of hydrogen-bond acceptors (Lipinski definition) is 6. The summed E-state index contributed by atoms with van der Waals surface area (Å²) in [4.78, 5) is 19.4. The number of nitrogens with two attached hydrogens (primary N) is 1. The van der Waals surface area contributed by atoms with Crippen LogP contribution in [-0.4, -0.2) is 43.6 Å². The largest absolute Gasteiger partial charge is 0.388 e. The lowest BCUT2D eigenvalue weighted by molar-refractivity contribution is 0.111. The van der Waals surface area contributed by atoms with Gasteiger partial charge in [-0.15, -0.1) is 0 Å². The van der Waals surface area contributed by atoms with Gasteiger partial charge in [0.15, 0.2) is 6.29 Å². The third kappa shape index (κ3) is 7.87. The summed E-state index contributed by atoms with van der Waals surface area (Å²) in [6, 6.07) is 9.18. The Kier molecular flexibility index (Phi) is 12.3. The molecule has 3 N–H and O–H groups in total. The van der Waals surface area contributed by atoms with Gasteiger partial charge in [0.1, 0.15) is 23.0 Å². The van der Waals surface area contributed by atoms with Crippen LogP contribution in [0.2, 0.25) is 0 Å². The van der Waals surface area contributed by atoms with Gasteiger partial charge in [0, 0.05) is 39.1 Å². The second-order valence-corrected chi connectivity index (χ2v) is 8.81. The molecule has 3 aromatic rings. The van der Waals surface area contributed by atoms with E-state index in [1.54, 1.807) is 32.5 Å². The Balaban J connectivity index is 0.000000898. The molecular weight excluding hydrogens is 474 g/mol. The number of ether oxygens (including phenoxy) is 1. The van der Waals surface area contributed by atoms with Crippen molar-refractivity contribution >= 4 is 12.0 Å². The van der Waals surface area contributed by atoms with E-state index in [4.69, 9.17) is 5.73 Å². The molecule has 2 aromatic heterocycles. The highest BCUT2D eigenvalue weighted by Crippen LogP contribution is 2.41. The van der Waals surface area contributed by atoms with Crippen LogP contribution in [0.15, 0.2) is 48.8 Å². The number of aldehydes is 1. The summed E-state index contributed by atoms with van der Waals surface area (Å²) < 4.78 is 33.7. The molecule has 0 amide bonds. The molecule has 8 heteroatoms. The number of hydrogen-bond donors (Lipinski definition) is 2. The van der Waals surface area contributed by atoms with Crippen LogP contribution >= 0.6 is 0 Å². The smallest absolute Gasteiger partial charge is 0.168 e. The predicted molar refractivity (Wildman–Crippen MR) is 145 cm³/mol. The number of carbonyl (C=O) groups is 1. The van der Waals surface area contributed by atoms with E-state index in [9.17, 15) is 13.6 Å². The van der Waals surface area contributed by atoms with Crippen LogP contribution in [0.1, 0.15) is 60.6 Å². The topological polar surface area (TPSA) is 90.1 Å². The Morgan fingerprint density at radius 3 is 2.49 bits per heavy atom. The minimum Gasteiger partial charge on any atom is -0.388 e. The molecule has 0 saturated heterocycles. The Labute approximate surface area is 218 Å². The second kappa shape index (κ2) is 15.1. The summed E-state index contributed by atoms with van der Waals surface area (Å²) in [6.07, 6.45) is 7.21. The molecular formula is C29H38F2N4O2. The third-order valence-electron chi connectivity index (χ3n) is 6.24. The molecule has 37 heavy (non-hydrogen) atoms. The van der Waals surface area contributed by atoms with Gasteiger partial charge >= 0.3 is 0 Å². The highest BCUT2D eigenvalue weighted by Gasteiger charge is 2.30. The van der Waals surface area contributed by atoms with Crippen molar-refractivity contribution in [3.05, 3.63) is 77.2 Å². The molecule has 2 heterocycles. The molecule has 1 fully saturated rings. The minimum atomic E-state index is -0.657. The van der Waals surface area contributed by atoms with E-state index < -0.39 is 11.6 Å². The van der Waals surface area contributed by atoms with Gasteiger partial charge < -0.3 is 15.8 Å². The molecule has 0 spiro atoms. The number of anilines is 1. The maximum atomic E-state index is 14.9. The maximum absolute atomic E-state index is 14.9. The van der Waals surface area contributed by atoms with E-state index in [2.05, 4.69) is 20.0 Å². The van der Waals surface area contributed by atoms with Crippen molar-refractivity contribution < 1.29 is 18.3 Å². The number of nitrogens with one attached hydrogen (secondary N) is 1. The van der Waals surface area contributed by atoms with E-state index in [1.807, 2.05) is 33.2 Å². The van der Waals surface area contributed by atoms with Crippen molar-refractivity contribution in [3.8, 4) is 11.3 Å². The van der Waals surface area contributed by atoms with Crippen LogP contribution in [-0.2, 0) is 11.2 Å². The average Bonchev–Trinajstić information content (AvgIpc) is 2.91. The van der Waals surface area contributed by atoms with Gasteiger partial charge in [-0.1, -0.05) is 26.0 Å². The van der Waals surface area contributed by atoms with Gasteiger partial charge in [-0.3, -0.25) is 9.78 Å². The molecule has 3 atom stereocenters. The van der Waals surface area contributed by atoms with Gasteiger partial charge in [-0.2, -0.15) is 0 Å². The van der Waals surface area contributed by atoms with Gasteiger partial charge in [-0.25, -0.2) is 13.8 Å². The van der Waals surface area contributed by atoms with Crippen molar-refractivity contribution in [3.63, 3.8) is 0 Å². The number of nitrogens with zero attached hydrogens (tertiary/aromatic N) is 2. The molecule has 0 radical (unpaired) electrons. The van der Waals surface area contributed by atoms with Crippen LogP contribution in [0.25, 0.3) is 11.3 Å². The zero-order valence-electron chi connectivity index (χ0n) is 22.3. The minimum absolute atomic E-state index is 0.0156. The molecule has 4 rings (SSSR count). The maximum Gasteiger partial charge on any atom is 0.168 e. The third-order valence-corrected chi connectivity index (χ3v) is 6.24. The normalized spacial score (nSPS) is 18.5. The Hall–Kier alpha value is -3.23. The van der Waals surface area contributed by atoms with Gasteiger partial charge in [-0.05, 0) is 72.9 Å². The summed E-state index contributed by atoms with van der Waals surface area (Å²) >= 11 is 0. The van der Waals surface area contributed by atoms with E-state index in [0.29, 0.717) is 18.3 Å². The zero-order valence-corrected chi connectivity index (χ0v) is 22.3. The molecule has 0 bridgehead atoms. The Morgan fingerprint density at radius 2 is 1.81 bits per heavy atom. The van der Waals surface area contributed by atoms with Crippen LogP contribution < -0.4 is 11.1 Å². The van der Waals surface area contributed by atoms with Crippen molar-refractivity contribution in [1.29, 1.82) is 0 Å². The number of methoxy groups -OCH3 is 1. The van der Waals surface area contributed by atoms with Crippen molar-refractivity contribution in [2.24, 2.45) is 11.7 Å². The van der Waals surface area contributed by atoms with Crippen LogP contribution in [0.3, 0.4) is 0 Å². The first kappa shape index (κ1) is 30.0. The Bertz CT molecular complexity index is 1140. The van der Waals surface area contributed by atoms with Crippen LogP contribution in [0, 0.1) is 17.6 Å². The van der Waals surface area contributed by atoms with Gasteiger partial charge in [0.2, 0.25) is 0 Å². The molecule has 200 valence electrons. The van der Waals surface area contributed by atoms with E-state index >= 15 is 0 Å². The molecule has 6 nitrogen and oxygen atoms in total. The quantitative estimate of drug-likeness (QED) is 0.393. The van der Waals surface area contributed by atoms with Crippen LogP contribution in [0.5, 0.6) is 0 Å². The number of rotatable bonds is 6. The number of aromatic nitrogens is 2. The van der Waals surface area contributed by atoms with E-state index in [1.165, 1.54) is 17.7 Å². The average molecular weight is 513 g/mol. The summed E-state index contributed by atoms with van der Waals surface area (Å²) in [7, 11) is 5.12. The van der Waals surface area contributed by atoms with Crippen molar-refractivity contribution in [1.82, 2.24) is 9.97 Å². The highest BCUT2D eigenvalue weighted by atomic mass is 19.1. The molecule has 1 saturated carbocycles. The number of pyridine rings is 2. The SMILES string of the molecule is CC.CNc1cnccc1C1CC(N)CC(Cc2cccc(F)c2-c2nc(C=O)ccc2F)C1.COC. The highest BCUT2D eigenvalue weighted by molar-refractivity contribution is 5.75. The summed E-state index contributed by atoms with van der Waals surface area (Å²) in [5, 5.41) is 3.20. The van der Waals surface area contributed by atoms with Gasteiger partial charge in [0.25, 0.3) is 0 Å². The summed E-state index contributed by atoms with van der Waals surface area (Å²) in [5.41, 5.74) is 9.28. The first-order chi connectivity index (χ1) is 17.9. The lowest BCUT2D eigenvalue weighted by Gasteiger charge is -2.34. The van der Waals surface area contributed by atoms with E-state index in [0.717, 1.165) is 31.0 Å². The summed E-state index contributed by atoms with van der Waals surface area (Å²) in [5.74, 6) is -0.769. The number of benzene rings is 1.